The summed E-state index contributed by atoms with van der Waals surface area (Å²) in [6.45, 7) is 6.10. The summed E-state index contributed by atoms with van der Waals surface area (Å²) in [5.41, 5.74) is 0. The van der Waals surface area contributed by atoms with Gasteiger partial charge in [0.25, 0.3) is 0 Å². The first-order valence-electron chi connectivity index (χ1n) is 8.16. The first-order chi connectivity index (χ1) is 9.41. The predicted molar refractivity (Wildman–Crippen MR) is 89.2 cm³/mol. The van der Waals surface area contributed by atoms with Crippen molar-refractivity contribution in [2.75, 3.05) is 0 Å². The van der Waals surface area contributed by atoms with Crippen LogP contribution in [0.2, 0.25) is 0 Å². The molecule has 109 valence electrons. The molecule has 0 aliphatic heterocycles. The molecule has 0 N–H and O–H groups in total. The van der Waals surface area contributed by atoms with Crippen LogP contribution in [-0.4, -0.2) is 0 Å². The van der Waals surface area contributed by atoms with Crippen molar-refractivity contribution in [1.82, 2.24) is 0 Å². The molecule has 0 rings (SSSR count). The summed E-state index contributed by atoms with van der Waals surface area (Å²) in [4.78, 5) is 0. The van der Waals surface area contributed by atoms with Crippen LogP contribution in [0.4, 0.5) is 0 Å². The fraction of sp³-hybridized carbons (Fsp3) is 0.632. The maximum atomic E-state index is 3.83. The molecule has 0 unspecified atom stereocenters. The molecule has 0 aromatic rings. The van der Waals surface area contributed by atoms with Gasteiger partial charge in [0.2, 0.25) is 0 Å². The lowest BCUT2D eigenvalue weighted by Crippen LogP contribution is -1.75. The maximum absolute atomic E-state index is 3.83. The third-order valence-corrected chi connectivity index (χ3v) is 3.14. The molecule has 0 saturated carbocycles. The van der Waals surface area contributed by atoms with Gasteiger partial charge in [-0.1, -0.05) is 82.4 Å². The van der Waals surface area contributed by atoms with Crippen molar-refractivity contribution in [2.45, 2.75) is 77.6 Å². The lowest BCUT2D eigenvalue weighted by molar-refractivity contribution is 0.637. The number of unbranched alkanes of at least 4 members (excludes halogenated alkanes) is 7. The average Bonchev–Trinajstić information content (AvgIpc) is 2.43. The van der Waals surface area contributed by atoms with Crippen LogP contribution >= 0.6 is 0 Å². The SMILES string of the molecule is [CH2]CCC/C=C/C/C=C/C/C=C/CCCCCCC. The standard InChI is InChI=1S/C19H33/c1-3-5-7-9-11-13-15-17-19-18-16-14-12-10-8-6-4-2/h9,11,15-18H,1,3-8,10,12-14,19H2,2H3/b11-9+,17-15+,18-16+. The van der Waals surface area contributed by atoms with Gasteiger partial charge in [-0.3, -0.25) is 0 Å². The van der Waals surface area contributed by atoms with Crippen LogP contribution in [0.1, 0.15) is 77.6 Å². The quantitative estimate of drug-likeness (QED) is 0.252. The molecular weight excluding hydrogens is 228 g/mol. The largest absolute Gasteiger partial charge is 0.0882 e. The van der Waals surface area contributed by atoms with Crippen molar-refractivity contribution in [3.8, 4) is 0 Å². The van der Waals surface area contributed by atoms with Gasteiger partial charge < -0.3 is 0 Å². The Labute approximate surface area is 121 Å². The molecule has 1 radical (unpaired) electrons. The molecule has 0 bridgehead atoms. The molecule has 19 heavy (non-hydrogen) atoms. The molecule has 0 aromatic heterocycles. The fourth-order valence-electron chi connectivity index (χ4n) is 1.91. The summed E-state index contributed by atoms with van der Waals surface area (Å²) in [5.74, 6) is 0. The fourth-order valence-corrected chi connectivity index (χ4v) is 1.91. The molecule has 0 heteroatoms. The van der Waals surface area contributed by atoms with Gasteiger partial charge >= 0.3 is 0 Å². The van der Waals surface area contributed by atoms with Crippen LogP contribution < -0.4 is 0 Å². The van der Waals surface area contributed by atoms with Crippen molar-refractivity contribution in [2.24, 2.45) is 0 Å². The van der Waals surface area contributed by atoms with Crippen LogP contribution in [0, 0.1) is 6.92 Å². The lowest BCUT2D eigenvalue weighted by Gasteiger charge is -1.95. The van der Waals surface area contributed by atoms with Gasteiger partial charge in [0.05, 0.1) is 0 Å². The highest BCUT2D eigenvalue weighted by atomic mass is 13.9. The Morgan fingerprint density at radius 1 is 0.632 bits per heavy atom. The Morgan fingerprint density at radius 3 is 1.74 bits per heavy atom. The van der Waals surface area contributed by atoms with Crippen LogP contribution in [0.25, 0.3) is 0 Å². The van der Waals surface area contributed by atoms with Gasteiger partial charge in [-0.25, -0.2) is 0 Å². The Morgan fingerprint density at radius 2 is 1.16 bits per heavy atom. The van der Waals surface area contributed by atoms with Crippen molar-refractivity contribution in [3.63, 3.8) is 0 Å². The van der Waals surface area contributed by atoms with Crippen LogP contribution in [0.5, 0.6) is 0 Å². The van der Waals surface area contributed by atoms with E-state index in [0.29, 0.717) is 0 Å². The van der Waals surface area contributed by atoms with Gasteiger partial charge in [0.15, 0.2) is 0 Å². The van der Waals surface area contributed by atoms with Gasteiger partial charge in [-0.05, 0) is 38.5 Å². The molecule has 0 amide bonds. The summed E-state index contributed by atoms with van der Waals surface area (Å²) < 4.78 is 0. The molecule has 0 fully saturated rings. The van der Waals surface area contributed by atoms with E-state index in [4.69, 9.17) is 0 Å². The van der Waals surface area contributed by atoms with Gasteiger partial charge in [-0.2, -0.15) is 0 Å². The van der Waals surface area contributed by atoms with E-state index in [1.807, 2.05) is 0 Å². The minimum absolute atomic E-state index is 1.05. The van der Waals surface area contributed by atoms with E-state index in [0.717, 1.165) is 19.3 Å². The first-order valence-corrected chi connectivity index (χ1v) is 8.16. The van der Waals surface area contributed by atoms with Gasteiger partial charge in [0, 0.05) is 0 Å². The zero-order valence-electron chi connectivity index (χ0n) is 12.9. The molecule has 0 atom stereocenters. The van der Waals surface area contributed by atoms with E-state index in [9.17, 15) is 0 Å². The molecule has 0 saturated heterocycles. The van der Waals surface area contributed by atoms with Crippen molar-refractivity contribution in [3.05, 3.63) is 43.4 Å². The Hall–Kier alpha value is -0.780. The molecular formula is C19H33. The van der Waals surface area contributed by atoms with E-state index in [1.165, 1.54) is 51.4 Å². The summed E-state index contributed by atoms with van der Waals surface area (Å²) in [6, 6.07) is 0. The molecule has 0 nitrogen and oxygen atoms in total. The highest BCUT2D eigenvalue weighted by Crippen LogP contribution is 2.05. The molecule has 0 aliphatic rings. The first kappa shape index (κ1) is 18.2. The highest BCUT2D eigenvalue weighted by Gasteiger charge is 1.85. The van der Waals surface area contributed by atoms with Crippen LogP contribution in [-0.2, 0) is 0 Å². The monoisotopic (exact) mass is 261 g/mol. The second kappa shape index (κ2) is 17.2. The second-order valence-corrected chi connectivity index (χ2v) is 5.08. The third-order valence-electron chi connectivity index (χ3n) is 3.14. The summed E-state index contributed by atoms with van der Waals surface area (Å²) >= 11 is 0. The number of hydrogen-bond donors (Lipinski definition) is 0. The van der Waals surface area contributed by atoms with E-state index >= 15 is 0 Å². The normalized spacial score (nSPS) is 12.3. The minimum atomic E-state index is 1.05. The molecule has 0 heterocycles. The zero-order chi connectivity index (χ0) is 14.0. The second-order valence-electron chi connectivity index (χ2n) is 5.08. The Kier molecular flexibility index (Phi) is 16.5. The number of hydrogen-bond acceptors (Lipinski definition) is 0. The third kappa shape index (κ3) is 17.2. The molecule has 0 aromatic carbocycles. The predicted octanol–water partition coefficient (Wildman–Crippen LogP) is 6.80. The highest BCUT2D eigenvalue weighted by molar-refractivity contribution is 4.97. The lowest BCUT2D eigenvalue weighted by atomic mass is 10.1. The zero-order valence-corrected chi connectivity index (χ0v) is 12.9. The van der Waals surface area contributed by atoms with Crippen molar-refractivity contribution >= 4 is 0 Å². The van der Waals surface area contributed by atoms with Crippen molar-refractivity contribution in [1.29, 1.82) is 0 Å². The summed E-state index contributed by atoms with van der Waals surface area (Å²) in [5, 5.41) is 0. The minimum Gasteiger partial charge on any atom is -0.0882 e. The van der Waals surface area contributed by atoms with E-state index in [2.05, 4.69) is 50.3 Å². The van der Waals surface area contributed by atoms with E-state index < -0.39 is 0 Å². The van der Waals surface area contributed by atoms with Gasteiger partial charge in [0.1, 0.15) is 0 Å². The Bertz CT molecular complexity index is 232. The summed E-state index contributed by atoms with van der Waals surface area (Å²) in [7, 11) is 0. The van der Waals surface area contributed by atoms with E-state index in [-0.39, 0.29) is 0 Å². The summed E-state index contributed by atoms with van der Waals surface area (Å²) in [6.07, 6.45) is 27.4. The molecule has 0 aliphatic carbocycles. The van der Waals surface area contributed by atoms with Gasteiger partial charge in [-0.15, -0.1) is 0 Å². The maximum Gasteiger partial charge on any atom is -0.0169 e. The smallest absolute Gasteiger partial charge is 0.0169 e. The van der Waals surface area contributed by atoms with Crippen molar-refractivity contribution < 1.29 is 0 Å². The van der Waals surface area contributed by atoms with E-state index in [1.54, 1.807) is 0 Å². The molecule has 0 spiro atoms. The number of rotatable bonds is 13. The Balaban J connectivity index is 3.25. The van der Waals surface area contributed by atoms with Crippen LogP contribution in [0.15, 0.2) is 36.5 Å². The van der Waals surface area contributed by atoms with Crippen LogP contribution in [0.3, 0.4) is 0 Å². The topological polar surface area (TPSA) is 0 Å². The average molecular weight is 261 g/mol. The number of allylic oxidation sites excluding steroid dienone is 6.